The Labute approximate surface area is 82.4 Å². The SMILES string of the molecule is CC(=O)CC(O)c1ccc(C=O)cc1. The van der Waals surface area contributed by atoms with Gasteiger partial charge < -0.3 is 5.11 Å². The number of hydrogen-bond acceptors (Lipinski definition) is 3. The molecule has 1 aromatic rings. The minimum atomic E-state index is -0.770. The van der Waals surface area contributed by atoms with Gasteiger partial charge >= 0.3 is 0 Å². The maximum absolute atomic E-state index is 10.7. The molecule has 1 rings (SSSR count). The molecule has 3 nitrogen and oxygen atoms in total. The number of rotatable bonds is 4. The molecule has 0 aliphatic carbocycles. The van der Waals surface area contributed by atoms with Crippen molar-refractivity contribution in [1.29, 1.82) is 0 Å². The van der Waals surface area contributed by atoms with Crippen molar-refractivity contribution in [2.45, 2.75) is 19.4 Å². The molecule has 0 saturated heterocycles. The Morgan fingerprint density at radius 2 is 2.00 bits per heavy atom. The Balaban J connectivity index is 2.75. The molecule has 0 fully saturated rings. The van der Waals surface area contributed by atoms with Gasteiger partial charge in [0.2, 0.25) is 0 Å². The van der Waals surface area contributed by atoms with E-state index in [2.05, 4.69) is 0 Å². The summed E-state index contributed by atoms with van der Waals surface area (Å²) in [6.45, 7) is 1.43. The van der Waals surface area contributed by atoms with Gasteiger partial charge in [0, 0.05) is 12.0 Å². The van der Waals surface area contributed by atoms with Crippen LogP contribution in [-0.2, 0) is 4.79 Å². The number of hydrogen-bond donors (Lipinski definition) is 1. The lowest BCUT2D eigenvalue weighted by atomic mass is 10.0. The molecule has 14 heavy (non-hydrogen) atoms. The van der Waals surface area contributed by atoms with Crippen molar-refractivity contribution < 1.29 is 14.7 Å². The molecular weight excluding hydrogens is 180 g/mol. The second kappa shape index (κ2) is 4.67. The van der Waals surface area contributed by atoms with E-state index in [0.29, 0.717) is 11.1 Å². The number of Topliss-reactive ketones (excluding diaryl/α,β-unsaturated/α-hetero) is 1. The highest BCUT2D eigenvalue weighted by Crippen LogP contribution is 2.16. The number of aldehydes is 1. The van der Waals surface area contributed by atoms with Crippen LogP contribution >= 0.6 is 0 Å². The van der Waals surface area contributed by atoms with E-state index in [0.717, 1.165) is 6.29 Å². The Hall–Kier alpha value is -1.48. The molecule has 0 saturated carbocycles. The summed E-state index contributed by atoms with van der Waals surface area (Å²) in [5, 5.41) is 9.55. The van der Waals surface area contributed by atoms with Crippen LogP contribution in [0.2, 0.25) is 0 Å². The summed E-state index contributed by atoms with van der Waals surface area (Å²) in [6, 6.07) is 6.53. The fraction of sp³-hybridized carbons (Fsp3) is 0.273. The van der Waals surface area contributed by atoms with Crippen molar-refractivity contribution in [3.8, 4) is 0 Å². The molecule has 1 atom stereocenters. The van der Waals surface area contributed by atoms with Crippen LogP contribution in [0.3, 0.4) is 0 Å². The molecular formula is C11H12O3. The predicted octanol–water partition coefficient (Wildman–Crippen LogP) is 1.51. The second-order valence-corrected chi connectivity index (χ2v) is 3.21. The largest absolute Gasteiger partial charge is 0.388 e. The van der Waals surface area contributed by atoms with Crippen molar-refractivity contribution in [2.75, 3.05) is 0 Å². The fourth-order valence-electron chi connectivity index (χ4n) is 1.19. The first-order valence-electron chi connectivity index (χ1n) is 4.36. The number of carbonyl (C=O) groups excluding carboxylic acids is 2. The monoisotopic (exact) mass is 192 g/mol. The summed E-state index contributed by atoms with van der Waals surface area (Å²) < 4.78 is 0. The number of aliphatic hydroxyl groups is 1. The molecule has 3 heteroatoms. The maximum atomic E-state index is 10.7. The normalized spacial score (nSPS) is 12.1. The lowest BCUT2D eigenvalue weighted by Gasteiger charge is -2.08. The average Bonchev–Trinajstić information content (AvgIpc) is 2.17. The third-order valence-electron chi connectivity index (χ3n) is 1.94. The predicted molar refractivity (Wildman–Crippen MR) is 52.1 cm³/mol. The summed E-state index contributed by atoms with van der Waals surface area (Å²) in [6.07, 6.45) is 0.0786. The first-order chi connectivity index (χ1) is 6.63. The summed E-state index contributed by atoms with van der Waals surface area (Å²) in [7, 11) is 0. The van der Waals surface area contributed by atoms with E-state index < -0.39 is 6.10 Å². The third kappa shape index (κ3) is 2.78. The van der Waals surface area contributed by atoms with Gasteiger partial charge in [-0.15, -0.1) is 0 Å². The van der Waals surface area contributed by atoms with E-state index in [9.17, 15) is 14.7 Å². The lowest BCUT2D eigenvalue weighted by Crippen LogP contribution is -2.03. The van der Waals surface area contributed by atoms with Crippen molar-refractivity contribution in [2.24, 2.45) is 0 Å². The number of aliphatic hydroxyl groups excluding tert-OH is 1. The van der Waals surface area contributed by atoms with Crippen LogP contribution in [0, 0.1) is 0 Å². The number of ketones is 1. The van der Waals surface area contributed by atoms with Crippen LogP contribution in [0.15, 0.2) is 24.3 Å². The van der Waals surface area contributed by atoms with Crippen LogP contribution < -0.4 is 0 Å². The van der Waals surface area contributed by atoms with Crippen LogP contribution in [0.5, 0.6) is 0 Å². The zero-order valence-electron chi connectivity index (χ0n) is 7.93. The van der Waals surface area contributed by atoms with Crippen molar-refractivity contribution in [3.05, 3.63) is 35.4 Å². The van der Waals surface area contributed by atoms with E-state index in [4.69, 9.17) is 0 Å². The van der Waals surface area contributed by atoms with Crippen LogP contribution in [-0.4, -0.2) is 17.2 Å². The number of benzene rings is 1. The van der Waals surface area contributed by atoms with Crippen LogP contribution in [0.1, 0.15) is 35.4 Å². The van der Waals surface area contributed by atoms with Gasteiger partial charge in [0.15, 0.2) is 0 Å². The van der Waals surface area contributed by atoms with E-state index in [1.54, 1.807) is 24.3 Å². The standard InChI is InChI=1S/C11H12O3/c1-8(13)6-11(14)10-4-2-9(7-12)3-5-10/h2-5,7,11,14H,6H2,1H3. The Morgan fingerprint density at radius 1 is 1.43 bits per heavy atom. The average molecular weight is 192 g/mol. The molecule has 0 bridgehead atoms. The first kappa shape index (κ1) is 10.6. The van der Waals surface area contributed by atoms with Crippen LogP contribution in [0.4, 0.5) is 0 Å². The minimum Gasteiger partial charge on any atom is -0.388 e. The van der Waals surface area contributed by atoms with E-state index in [1.807, 2.05) is 0 Å². The minimum absolute atomic E-state index is 0.0584. The number of carbonyl (C=O) groups is 2. The fourth-order valence-corrected chi connectivity index (χ4v) is 1.19. The Bertz CT molecular complexity index is 327. The van der Waals surface area contributed by atoms with Gasteiger partial charge in [-0.05, 0) is 12.5 Å². The van der Waals surface area contributed by atoms with Crippen molar-refractivity contribution >= 4 is 12.1 Å². The quantitative estimate of drug-likeness (QED) is 0.736. The summed E-state index contributed by atoms with van der Waals surface area (Å²) in [5.41, 5.74) is 1.22. The Morgan fingerprint density at radius 3 is 2.43 bits per heavy atom. The Kier molecular flexibility index (Phi) is 3.54. The molecule has 0 aliphatic heterocycles. The molecule has 0 aromatic heterocycles. The van der Waals surface area contributed by atoms with Crippen LogP contribution in [0.25, 0.3) is 0 Å². The van der Waals surface area contributed by atoms with E-state index in [-0.39, 0.29) is 12.2 Å². The highest BCUT2D eigenvalue weighted by molar-refractivity contribution is 5.76. The molecule has 0 amide bonds. The zero-order valence-corrected chi connectivity index (χ0v) is 7.93. The third-order valence-corrected chi connectivity index (χ3v) is 1.94. The van der Waals surface area contributed by atoms with Gasteiger partial charge in [-0.2, -0.15) is 0 Å². The lowest BCUT2D eigenvalue weighted by molar-refractivity contribution is -0.118. The molecule has 0 spiro atoms. The van der Waals surface area contributed by atoms with Crippen molar-refractivity contribution in [1.82, 2.24) is 0 Å². The molecule has 0 aliphatic rings. The molecule has 0 radical (unpaired) electrons. The van der Waals surface area contributed by atoms with Gasteiger partial charge in [0.05, 0.1) is 6.10 Å². The van der Waals surface area contributed by atoms with Gasteiger partial charge in [0.1, 0.15) is 12.1 Å². The molecule has 74 valence electrons. The highest BCUT2D eigenvalue weighted by atomic mass is 16.3. The summed E-state index contributed by atoms with van der Waals surface area (Å²) in [4.78, 5) is 21.1. The van der Waals surface area contributed by atoms with Crippen molar-refractivity contribution in [3.63, 3.8) is 0 Å². The first-order valence-corrected chi connectivity index (χ1v) is 4.36. The molecule has 1 unspecified atom stereocenters. The van der Waals surface area contributed by atoms with Gasteiger partial charge in [0.25, 0.3) is 0 Å². The topological polar surface area (TPSA) is 54.4 Å². The maximum Gasteiger partial charge on any atom is 0.150 e. The van der Waals surface area contributed by atoms with Gasteiger partial charge in [-0.25, -0.2) is 0 Å². The zero-order chi connectivity index (χ0) is 10.6. The second-order valence-electron chi connectivity index (χ2n) is 3.21. The summed E-state index contributed by atoms with van der Waals surface area (Å²) in [5.74, 6) is -0.0584. The molecule has 1 aromatic carbocycles. The highest BCUT2D eigenvalue weighted by Gasteiger charge is 2.09. The smallest absolute Gasteiger partial charge is 0.150 e. The molecule has 0 heterocycles. The van der Waals surface area contributed by atoms with Gasteiger partial charge in [-0.1, -0.05) is 24.3 Å². The van der Waals surface area contributed by atoms with E-state index >= 15 is 0 Å². The van der Waals surface area contributed by atoms with Gasteiger partial charge in [-0.3, -0.25) is 9.59 Å². The molecule has 1 N–H and O–H groups in total. The van der Waals surface area contributed by atoms with E-state index in [1.165, 1.54) is 6.92 Å². The summed E-state index contributed by atoms with van der Waals surface area (Å²) >= 11 is 0.